The van der Waals surface area contributed by atoms with Crippen molar-refractivity contribution >= 4 is 0 Å². The van der Waals surface area contributed by atoms with Gasteiger partial charge in [0.1, 0.15) is 0 Å². The van der Waals surface area contributed by atoms with Crippen LogP contribution in [-0.2, 0) is 0 Å². The van der Waals surface area contributed by atoms with Gasteiger partial charge in [-0.1, -0.05) is 12.8 Å². The molecule has 2 rings (SSSR count). The summed E-state index contributed by atoms with van der Waals surface area (Å²) in [7, 11) is 0. The quantitative estimate of drug-likeness (QED) is 0.732. The van der Waals surface area contributed by atoms with Crippen molar-refractivity contribution in [2.45, 2.75) is 57.5 Å². The molecule has 1 aliphatic carbocycles. The van der Waals surface area contributed by atoms with Crippen LogP contribution in [-0.4, -0.2) is 30.1 Å². The fourth-order valence-electron chi connectivity index (χ4n) is 3.32. The minimum atomic E-state index is 0.343. The summed E-state index contributed by atoms with van der Waals surface area (Å²) < 4.78 is 0. The molecule has 2 fully saturated rings. The van der Waals surface area contributed by atoms with Gasteiger partial charge in [-0.2, -0.15) is 0 Å². The van der Waals surface area contributed by atoms with Gasteiger partial charge in [0.05, 0.1) is 0 Å². The number of fused-ring (bicyclic) bond motifs is 1. The van der Waals surface area contributed by atoms with Crippen LogP contribution < -0.4 is 5.73 Å². The number of piperidine rings is 1. The highest BCUT2D eigenvalue weighted by Crippen LogP contribution is 2.34. The zero-order chi connectivity index (χ0) is 9.97. The number of nitrogens with zero attached hydrogens (tertiary/aromatic N) is 1. The molecule has 0 aromatic heterocycles. The van der Waals surface area contributed by atoms with Crippen molar-refractivity contribution < 1.29 is 0 Å². The molecule has 1 heterocycles. The lowest BCUT2D eigenvalue weighted by molar-refractivity contribution is 0.0575. The molecule has 2 nitrogen and oxygen atoms in total. The Morgan fingerprint density at radius 3 is 2.71 bits per heavy atom. The molecule has 3 atom stereocenters. The summed E-state index contributed by atoms with van der Waals surface area (Å²) in [5.41, 5.74) is 5.90. The Bertz CT molecular complexity index is 177. The molecule has 14 heavy (non-hydrogen) atoms. The normalized spacial score (nSPS) is 36.4. The molecule has 0 radical (unpaired) electrons. The van der Waals surface area contributed by atoms with E-state index in [1.807, 2.05) is 0 Å². The second-order valence-corrected chi connectivity index (χ2v) is 5.23. The van der Waals surface area contributed by atoms with Crippen LogP contribution in [0.3, 0.4) is 0 Å². The van der Waals surface area contributed by atoms with Crippen molar-refractivity contribution in [3.05, 3.63) is 0 Å². The molecule has 1 saturated heterocycles. The summed E-state index contributed by atoms with van der Waals surface area (Å²) >= 11 is 0. The number of likely N-dealkylation sites (tertiary alicyclic amines) is 1. The molecule has 1 aliphatic heterocycles. The molecule has 2 aliphatic rings. The Kier molecular flexibility index (Phi) is 3.45. The molecule has 1 saturated carbocycles. The van der Waals surface area contributed by atoms with E-state index in [4.69, 9.17) is 5.73 Å². The van der Waals surface area contributed by atoms with Crippen molar-refractivity contribution in [2.75, 3.05) is 13.1 Å². The lowest BCUT2D eigenvalue weighted by Gasteiger charge is -2.44. The Labute approximate surface area is 87.8 Å². The van der Waals surface area contributed by atoms with E-state index in [1.165, 1.54) is 45.1 Å². The zero-order valence-electron chi connectivity index (χ0n) is 9.41. The highest BCUT2D eigenvalue weighted by molar-refractivity contribution is 4.88. The van der Waals surface area contributed by atoms with Crippen LogP contribution in [0, 0.1) is 5.92 Å². The summed E-state index contributed by atoms with van der Waals surface area (Å²) in [4.78, 5) is 2.66. The van der Waals surface area contributed by atoms with Gasteiger partial charge in [-0.25, -0.2) is 0 Å². The van der Waals surface area contributed by atoms with Crippen LogP contribution in [0.2, 0.25) is 0 Å². The predicted molar refractivity (Wildman–Crippen MR) is 60.2 cm³/mol. The van der Waals surface area contributed by atoms with E-state index in [0.29, 0.717) is 6.04 Å². The van der Waals surface area contributed by atoms with E-state index in [-0.39, 0.29) is 0 Å². The minimum Gasteiger partial charge on any atom is -0.327 e. The minimum absolute atomic E-state index is 0.343. The number of rotatable bonds is 2. The van der Waals surface area contributed by atoms with E-state index >= 15 is 0 Å². The van der Waals surface area contributed by atoms with Crippen LogP contribution >= 0.6 is 0 Å². The highest BCUT2D eigenvalue weighted by atomic mass is 15.2. The number of hydrogen-bond acceptors (Lipinski definition) is 2. The van der Waals surface area contributed by atoms with Crippen molar-refractivity contribution in [1.82, 2.24) is 4.90 Å². The Hall–Kier alpha value is -0.0800. The van der Waals surface area contributed by atoms with Crippen LogP contribution in [0.5, 0.6) is 0 Å². The van der Waals surface area contributed by atoms with Crippen LogP contribution in [0.4, 0.5) is 0 Å². The molecule has 0 spiro atoms. The van der Waals surface area contributed by atoms with E-state index in [9.17, 15) is 0 Å². The number of hydrogen-bond donors (Lipinski definition) is 1. The first-order valence-electron chi connectivity index (χ1n) is 6.27. The lowest BCUT2D eigenvalue weighted by Crippen LogP contribution is -2.50. The molecular formula is C12H24N2. The second-order valence-electron chi connectivity index (χ2n) is 5.23. The van der Waals surface area contributed by atoms with Gasteiger partial charge in [0.15, 0.2) is 0 Å². The van der Waals surface area contributed by atoms with Crippen molar-refractivity contribution in [3.8, 4) is 0 Å². The van der Waals surface area contributed by atoms with E-state index in [1.54, 1.807) is 0 Å². The van der Waals surface area contributed by atoms with Crippen LogP contribution in [0.25, 0.3) is 0 Å². The van der Waals surface area contributed by atoms with E-state index < -0.39 is 0 Å². The maximum Gasteiger partial charge on any atom is 0.0139 e. The summed E-state index contributed by atoms with van der Waals surface area (Å²) in [5, 5.41) is 0. The monoisotopic (exact) mass is 196 g/mol. The van der Waals surface area contributed by atoms with Gasteiger partial charge in [0.25, 0.3) is 0 Å². The smallest absolute Gasteiger partial charge is 0.0139 e. The van der Waals surface area contributed by atoms with Gasteiger partial charge in [-0.3, -0.25) is 4.90 Å². The highest BCUT2D eigenvalue weighted by Gasteiger charge is 2.32. The SMILES string of the molecule is CC(N)CN1CCC[C@H]2CCCC[C@H]21. The molecular weight excluding hydrogens is 172 g/mol. The van der Waals surface area contributed by atoms with Crippen LogP contribution in [0.15, 0.2) is 0 Å². The summed E-state index contributed by atoms with van der Waals surface area (Å²) in [5.74, 6) is 0.997. The third kappa shape index (κ3) is 2.29. The summed E-state index contributed by atoms with van der Waals surface area (Å²) in [6.45, 7) is 4.54. The first kappa shape index (κ1) is 10.4. The maximum atomic E-state index is 5.90. The molecule has 1 unspecified atom stereocenters. The van der Waals surface area contributed by atoms with Gasteiger partial charge >= 0.3 is 0 Å². The van der Waals surface area contributed by atoms with E-state index in [2.05, 4.69) is 11.8 Å². The Morgan fingerprint density at radius 1 is 1.21 bits per heavy atom. The van der Waals surface area contributed by atoms with E-state index in [0.717, 1.165) is 18.5 Å². The fraction of sp³-hybridized carbons (Fsp3) is 1.00. The maximum absolute atomic E-state index is 5.90. The van der Waals surface area contributed by atoms with Crippen molar-refractivity contribution in [1.29, 1.82) is 0 Å². The summed E-state index contributed by atoms with van der Waals surface area (Å²) in [6.07, 6.45) is 8.68. The van der Waals surface area contributed by atoms with Gasteiger partial charge in [0.2, 0.25) is 0 Å². The molecule has 0 amide bonds. The Balaban J connectivity index is 1.94. The molecule has 2 N–H and O–H groups in total. The predicted octanol–water partition coefficient (Wildman–Crippen LogP) is 1.99. The topological polar surface area (TPSA) is 29.3 Å². The molecule has 0 aromatic carbocycles. The van der Waals surface area contributed by atoms with Gasteiger partial charge < -0.3 is 5.73 Å². The van der Waals surface area contributed by atoms with Gasteiger partial charge in [-0.15, -0.1) is 0 Å². The largest absolute Gasteiger partial charge is 0.327 e. The van der Waals surface area contributed by atoms with Crippen molar-refractivity contribution in [2.24, 2.45) is 11.7 Å². The first-order chi connectivity index (χ1) is 6.77. The van der Waals surface area contributed by atoms with Crippen LogP contribution in [0.1, 0.15) is 45.4 Å². The molecule has 0 bridgehead atoms. The zero-order valence-corrected chi connectivity index (χ0v) is 9.41. The third-order valence-corrected chi connectivity index (χ3v) is 3.88. The second kappa shape index (κ2) is 4.63. The standard InChI is InChI=1S/C12H24N2/c1-10(13)9-14-8-4-6-11-5-2-3-7-12(11)14/h10-12H,2-9,13H2,1H3/t10?,11-,12-/m1/s1. The molecule has 0 aromatic rings. The Morgan fingerprint density at radius 2 is 1.93 bits per heavy atom. The van der Waals surface area contributed by atoms with Gasteiger partial charge in [-0.05, 0) is 45.1 Å². The summed E-state index contributed by atoms with van der Waals surface area (Å²) in [6, 6.07) is 1.22. The first-order valence-corrected chi connectivity index (χ1v) is 6.27. The third-order valence-electron chi connectivity index (χ3n) is 3.88. The lowest BCUT2D eigenvalue weighted by atomic mass is 9.78. The average Bonchev–Trinajstić information content (AvgIpc) is 2.18. The number of nitrogens with two attached hydrogens (primary N) is 1. The molecule has 82 valence electrons. The van der Waals surface area contributed by atoms with Crippen molar-refractivity contribution in [3.63, 3.8) is 0 Å². The molecule has 2 heteroatoms. The fourth-order valence-corrected chi connectivity index (χ4v) is 3.32. The van der Waals surface area contributed by atoms with Gasteiger partial charge in [0, 0.05) is 18.6 Å². The average molecular weight is 196 g/mol.